The van der Waals surface area contributed by atoms with E-state index in [1.807, 2.05) is 6.92 Å². The molecule has 2 fully saturated rings. The average molecular weight is 268 g/mol. The van der Waals surface area contributed by atoms with Crippen LogP contribution >= 0.6 is 0 Å². The molecular weight excluding hydrogens is 248 g/mol. The summed E-state index contributed by atoms with van der Waals surface area (Å²) in [5.41, 5.74) is -1.64. The molecule has 0 unspecified atom stereocenters. The molecule has 0 saturated carbocycles. The fourth-order valence-electron chi connectivity index (χ4n) is 3.91. The van der Waals surface area contributed by atoms with Gasteiger partial charge in [0.25, 0.3) is 0 Å². The molecule has 3 rings (SSSR count). The van der Waals surface area contributed by atoms with Crippen LogP contribution in [0.4, 0.5) is 0 Å². The zero-order valence-electron chi connectivity index (χ0n) is 11.6. The summed E-state index contributed by atoms with van der Waals surface area (Å²) in [4.78, 5) is 12.1. The van der Waals surface area contributed by atoms with Crippen LogP contribution in [0.1, 0.15) is 34.1 Å². The molecule has 2 saturated heterocycles. The number of fused-ring (bicyclic) bond motifs is 3. The molecule has 1 aliphatic carbocycles. The van der Waals surface area contributed by atoms with Gasteiger partial charge >= 0.3 is 0 Å². The van der Waals surface area contributed by atoms with E-state index in [1.165, 1.54) is 6.08 Å². The number of carbonyl (C=O) groups is 1. The number of aliphatic hydroxyl groups excluding tert-OH is 1. The van der Waals surface area contributed by atoms with Crippen molar-refractivity contribution >= 4 is 5.78 Å². The smallest absolute Gasteiger partial charge is 0.205 e. The normalized spacial score (nSPS) is 51.8. The Morgan fingerprint density at radius 2 is 2.00 bits per heavy atom. The predicted octanol–water partition coefficient (Wildman–Crippen LogP) is 0.743. The van der Waals surface area contributed by atoms with E-state index in [1.54, 1.807) is 20.8 Å². The summed E-state index contributed by atoms with van der Waals surface area (Å²) in [7, 11) is 0. The molecule has 0 aromatic rings. The van der Waals surface area contributed by atoms with Crippen LogP contribution in [0.5, 0.6) is 0 Å². The third-order valence-corrected chi connectivity index (χ3v) is 5.02. The maximum atomic E-state index is 12.1. The highest BCUT2D eigenvalue weighted by molar-refractivity contribution is 5.97. The topological polar surface area (TPSA) is 76.0 Å². The van der Waals surface area contributed by atoms with E-state index >= 15 is 0 Å². The van der Waals surface area contributed by atoms with Gasteiger partial charge in [0.15, 0.2) is 12.1 Å². The quantitative estimate of drug-likeness (QED) is 0.678. The maximum Gasteiger partial charge on any atom is 0.205 e. The Labute approximate surface area is 112 Å². The van der Waals surface area contributed by atoms with Gasteiger partial charge in [-0.3, -0.25) is 4.79 Å². The van der Waals surface area contributed by atoms with Crippen LogP contribution in [0.25, 0.3) is 0 Å². The second kappa shape index (κ2) is 3.47. The zero-order chi connectivity index (χ0) is 14.2. The van der Waals surface area contributed by atoms with Gasteiger partial charge in [0.1, 0.15) is 11.7 Å². The van der Waals surface area contributed by atoms with Crippen LogP contribution in [0.15, 0.2) is 11.6 Å². The van der Waals surface area contributed by atoms with E-state index in [9.17, 15) is 15.0 Å². The first-order chi connectivity index (χ1) is 8.66. The third-order valence-electron chi connectivity index (χ3n) is 5.02. The van der Waals surface area contributed by atoms with Crippen LogP contribution in [0.3, 0.4) is 0 Å². The number of carbonyl (C=O) groups excluding carboxylic acids is 1. The minimum absolute atomic E-state index is 0.151. The number of ether oxygens (including phenoxy) is 2. The van der Waals surface area contributed by atoms with Gasteiger partial charge in [-0.2, -0.15) is 0 Å². The number of aliphatic hydroxyl groups is 2. The lowest BCUT2D eigenvalue weighted by Gasteiger charge is -2.45. The van der Waals surface area contributed by atoms with Crippen LogP contribution in [0, 0.1) is 11.3 Å². The van der Waals surface area contributed by atoms with Gasteiger partial charge in [0.2, 0.25) is 5.79 Å². The zero-order valence-corrected chi connectivity index (χ0v) is 11.6. The van der Waals surface area contributed by atoms with E-state index < -0.39 is 29.2 Å². The molecule has 3 aliphatic rings. The van der Waals surface area contributed by atoms with E-state index in [0.717, 1.165) is 0 Å². The Balaban J connectivity index is 2.18. The summed E-state index contributed by atoms with van der Waals surface area (Å²) in [6, 6.07) is 0. The number of hydrogen-bond donors (Lipinski definition) is 2. The van der Waals surface area contributed by atoms with E-state index in [-0.39, 0.29) is 11.7 Å². The summed E-state index contributed by atoms with van der Waals surface area (Å²) < 4.78 is 11.4. The lowest BCUT2D eigenvalue weighted by molar-refractivity contribution is -0.296. The molecule has 5 heteroatoms. The third kappa shape index (κ3) is 1.27. The van der Waals surface area contributed by atoms with Crippen molar-refractivity contribution in [2.75, 3.05) is 0 Å². The first-order valence-corrected chi connectivity index (χ1v) is 6.64. The Kier molecular flexibility index (Phi) is 2.42. The monoisotopic (exact) mass is 268 g/mol. The molecule has 5 nitrogen and oxygen atoms in total. The van der Waals surface area contributed by atoms with Gasteiger partial charge in [-0.05, 0) is 18.6 Å². The van der Waals surface area contributed by atoms with Gasteiger partial charge < -0.3 is 19.7 Å². The van der Waals surface area contributed by atoms with Crippen molar-refractivity contribution in [1.29, 1.82) is 0 Å². The second-order valence-corrected chi connectivity index (χ2v) is 6.60. The Bertz CT molecular complexity index is 470. The van der Waals surface area contributed by atoms with Gasteiger partial charge in [0.05, 0.1) is 0 Å². The van der Waals surface area contributed by atoms with Crippen molar-refractivity contribution in [3.05, 3.63) is 11.6 Å². The molecule has 0 aromatic carbocycles. The van der Waals surface area contributed by atoms with E-state index in [0.29, 0.717) is 12.0 Å². The van der Waals surface area contributed by atoms with Crippen LogP contribution in [-0.2, 0) is 14.3 Å². The summed E-state index contributed by atoms with van der Waals surface area (Å²) in [5.74, 6) is -1.63. The minimum atomic E-state index is -1.40. The maximum absolute atomic E-state index is 12.1. The largest absolute Gasteiger partial charge is 0.379 e. The summed E-state index contributed by atoms with van der Waals surface area (Å²) >= 11 is 0. The van der Waals surface area contributed by atoms with Crippen LogP contribution in [-0.4, -0.2) is 39.8 Å². The molecule has 2 heterocycles. The Morgan fingerprint density at radius 1 is 1.37 bits per heavy atom. The highest BCUT2D eigenvalue weighted by Gasteiger charge is 2.76. The van der Waals surface area contributed by atoms with Crippen molar-refractivity contribution < 1.29 is 24.5 Å². The van der Waals surface area contributed by atoms with Gasteiger partial charge in [-0.15, -0.1) is 0 Å². The Hall–Kier alpha value is -0.750. The van der Waals surface area contributed by atoms with Crippen LogP contribution < -0.4 is 0 Å². The summed E-state index contributed by atoms with van der Waals surface area (Å²) in [6.45, 7) is 7.16. The molecule has 0 aromatic heterocycles. The molecule has 2 N–H and O–H groups in total. The molecule has 5 atom stereocenters. The number of ketones is 1. The highest BCUT2D eigenvalue weighted by atomic mass is 16.8. The fourth-order valence-corrected chi connectivity index (χ4v) is 3.91. The first-order valence-electron chi connectivity index (χ1n) is 6.64. The fraction of sp³-hybridized carbons (Fsp3) is 0.786. The lowest BCUT2D eigenvalue weighted by Crippen LogP contribution is -2.60. The molecule has 106 valence electrons. The van der Waals surface area contributed by atoms with Gasteiger partial charge in [-0.1, -0.05) is 20.8 Å². The molecule has 0 amide bonds. The molecular formula is C14H20O5. The van der Waals surface area contributed by atoms with Crippen LogP contribution in [0.2, 0.25) is 0 Å². The highest BCUT2D eigenvalue weighted by Crippen LogP contribution is 2.62. The SMILES string of the molecule is CC1=CC(=O)[C@H]2O[C@@]3(C[C@H](C)[C@@H](O)O3)[C@]1(O)C2(C)C. The van der Waals surface area contributed by atoms with E-state index in [4.69, 9.17) is 9.47 Å². The summed E-state index contributed by atoms with van der Waals surface area (Å²) in [6.07, 6.45) is 0.0766. The van der Waals surface area contributed by atoms with Crippen molar-refractivity contribution in [3.8, 4) is 0 Å². The first kappa shape index (κ1) is 13.2. The molecule has 1 spiro atoms. The molecule has 2 bridgehead atoms. The molecule has 2 aliphatic heterocycles. The van der Waals surface area contributed by atoms with Crippen molar-refractivity contribution in [2.24, 2.45) is 11.3 Å². The average Bonchev–Trinajstić information content (AvgIpc) is 2.64. The number of hydrogen-bond acceptors (Lipinski definition) is 5. The van der Waals surface area contributed by atoms with Crippen molar-refractivity contribution in [1.82, 2.24) is 0 Å². The minimum Gasteiger partial charge on any atom is -0.379 e. The van der Waals surface area contributed by atoms with Gasteiger partial charge in [0, 0.05) is 17.8 Å². The molecule has 0 radical (unpaired) electrons. The second-order valence-electron chi connectivity index (χ2n) is 6.60. The van der Waals surface area contributed by atoms with E-state index in [2.05, 4.69) is 0 Å². The van der Waals surface area contributed by atoms with Crippen molar-refractivity contribution in [2.45, 2.75) is 57.9 Å². The summed E-state index contributed by atoms with van der Waals surface area (Å²) in [5, 5.41) is 21.1. The number of rotatable bonds is 0. The molecule has 19 heavy (non-hydrogen) atoms. The predicted molar refractivity (Wildman–Crippen MR) is 66.0 cm³/mol. The van der Waals surface area contributed by atoms with Gasteiger partial charge in [-0.25, -0.2) is 0 Å². The lowest BCUT2D eigenvalue weighted by atomic mass is 9.61. The Morgan fingerprint density at radius 3 is 2.53 bits per heavy atom. The van der Waals surface area contributed by atoms with Crippen molar-refractivity contribution in [3.63, 3.8) is 0 Å². The standard InChI is InChI=1S/C14H20O5/c1-7-6-13(19-11(7)16)14(17)8(2)5-9(15)10(18-13)12(14,3)4/h5,7,10-11,16-17H,6H2,1-4H3/t7-,10+,11-,13+,14+/m0/s1.